The molecule has 0 unspecified atom stereocenters. The van der Waals surface area contributed by atoms with Crippen LogP contribution in [0.3, 0.4) is 0 Å². The quantitative estimate of drug-likeness (QED) is 0.703. The van der Waals surface area contributed by atoms with Gasteiger partial charge in [-0.2, -0.15) is 0 Å². The zero-order valence-electron chi connectivity index (χ0n) is 15.7. The minimum atomic E-state index is -0.254. The highest BCUT2D eigenvalue weighted by atomic mass is 16.2. The van der Waals surface area contributed by atoms with Crippen molar-refractivity contribution in [3.8, 4) is 0 Å². The van der Waals surface area contributed by atoms with Crippen molar-refractivity contribution in [1.29, 1.82) is 0 Å². The first kappa shape index (κ1) is 18.6. The Balaban J connectivity index is 1.79. The zero-order valence-corrected chi connectivity index (χ0v) is 15.7. The number of benzene rings is 1. The molecule has 27 heavy (non-hydrogen) atoms. The first-order valence-electron chi connectivity index (χ1n) is 8.92. The van der Waals surface area contributed by atoms with Crippen LogP contribution in [-0.4, -0.2) is 33.4 Å². The van der Waals surface area contributed by atoms with Crippen LogP contribution >= 0.6 is 0 Å². The van der Waals surface area contributed by atoms with Gasteiger partial charge in [0.05, 0.1) is 11.9 Å². The number of hydrogen-bond donors (Lipinski definition) is 2. The highest BCUT2D eigenvalue weighted by molar-refractivity contribution is 6.05. The summed E-state index contributed by atoms with van der Waals surface area (Å²) < 4.78 is 1.96. The molecule has 2 aromatic heterocycles. The smallest absolute Gasteiger partial charge is 0.257 e. The van der Waals surface area contributed by atoms with E-state index in [9.17, 15) is 9.59 Å². The Hall–Kier alpha value is -3.22. The number of pyridine rings is 1. The van der Waals surface area contributed by atoms with Gasteiger partial charge in [-0.25, -0.2) is 9.97 Å². The molecule has 2 N–H and O–H groups in total. The van der Waals surface area contributed by atoms with E-state index in [0.29, 0.717) is 29.6 Å². The van der Waals surface area contributed by atoms with Gasteiger partial charge in [0.1, 0.15) is 5.52 Å². The van der Waals surface area contributed by atoms with Crippen molar-refractivity contribution in [2.24, 2.45) is 0 Å². The predicted octanol–water partition coefficient (Wildman–Crippen LogP) is 2.94. The van der Waals surface area contributed by atoms with Crippen molar-refractivity contribution in [3.63, 3.8) is 0 Å². The number of carbonyl (C=O) groups is 2. The number of fused-ring (bicyclic) bond motifs is 1. The zero-order chi connectivity index (χ0) is 19.4. The molecule has 1 aromatic carbocycles. The van der Waals surface area contributed by atoms with Crippen LogP contribution in [0.5, 0.6) is 0 Å². The molecule has 2 amide bonds. The summed E-state index contributed by atoms with van der Waals surface area (Å²) in [6.07, 6.45) is 4.21. The molecule has 0 radical (unpaired) electrons. The molecule has 7 nitrogen and oxygen atoms in total. The second kappa shape index (κ2) is 7.99. The summed E-state index contributed by atoms with van der Waals surface area (Å²) in [6.45, 7) is 4.11. The van der Waals surface area contributed by atoms with Crippen molar-refractivity contribution in [2.75, 3.05) is 12.4 Å². The number of nitrogens with zero attached hydrogens (tertiary/aromatic N) is 3. The fourth-order valence-corrected chi connectivity index (χ4v) is 2.85. The monoisotopic (exact) mass is 365 g/mol. The average Bonchev–Trinajstić information content (AvgIpc) is 3.10. The van der Waals surface area contributed by atoms with Crippen LogP contribution in [0.15, 0.2) is 42.9 Å². The third kappa shape index (κ3) is 4.13. The number of rotatable bonds is 6. The molecule has 2 heterocycles. The minimum Gasteiger partial charge on any atom is -0.359 e. The number of carbonyl (C=O) groups excluding carboxylic acids is 2. The number of anilines is 1. The van der Waals surface area contributed by atoms with E-state index in [4.69, 9.17) is 0 Å². The summed E-state index contributed by atoms with van der Waals surface area (Å²) in [5, 5.41) is 5.52. The Bertz CT molecular complexity index is 977. The number of para-hydroxylation sites is 1. The molecule has 0 saturated heterocycles. The van der Waals surface area contributed by atoms with E-state index >= 15 is 0 Å². The highest BCUT2D eigenvalue weighted by Gasteiger charge is 2.13. The fraction of sp³-hybridized carbons (Fsp3) is 0.300. The van der Waals surface area contributed by atoms with E-state index in [2.05, 4.69) is 34.4 Å². The molecule has 0 aliphatic rings. The van der Waals surface area contributed by atoms with Gasteiger partial charge in [0.25, 0.3) is 5.91 Å². The molecule has 140 valence electrons. The molecule has 7 heteroatoms. The second-order valence-corrected chi connectivity index (χ2v) is 6.60. The van der Waals surface area contributed by atoms with Crippen molar-refractivity contribution in [3.05, 3.63) is 54.0 Å². The third-order valence-corrected chi connectivity index (χ3v) is 4.40. The lowest BCUT2D eigenvalue weighted by molar-refractivity contribution is -0.120. The van der Waals surface area contributed by atoms with Gasteiger partial charge < -0.3 is 15.2 Å². The standard InChI is InChI=1S/C20H23N5O2/c1-13(2)25-12-23-17-10-15(11-22-19(17)25)20(27)24-16-7-5-4-6-14(16)8-9-18(26)21-3/h4-7,10-13H,8-9H2,1-3H3,(H,21,26)(H,24,27). The van der Waals surface area contributed by atoms with E-state index in [1.807, 2.05) is 28.8 Å². The van der Waals surface area contributed by atoms with Gasteiger partial charge in [0, 0.05) is 31.4 Å². The van der Waals surface area contributed by atoms with Gasteiger partial charge in [-0.3, -0.25) is 9.59 Å². The maximum Gasteiger partial charge on any atom is 0.257 e. The Morgan fingerprint density at radius 1 is 1.19 bits per heavy atom. The van der Waals surface area contributed by atoms with Crippen LogP contribution < -0.4 is 10.6 Å². The summed E-state index contributed by atoms with van der Waals surface area (Å²) >= 11 is 0. The van der Waals surface area contributed by atoms with Gasteiger partial charge in [-0.05, 0) is 38.0 Å². The predicted molar refractivity (Wildman–Crippen MR) is 105 cm³/mol. The summed E-state index contributed by atoms with van der Waals surface area (Å²) in [7, 11) is 1.61. The van der Waals surface area contributed by atoms with E-state index in [1.165, 1.54) is 0 Å². The van der Waals surface area contributed by atoms with Gasteiger partial charge in [0.15, 0.2) is 5.65 Å². The number of amides is 2. The summed E-state index contributed by atoms with van der Waals surface area (Å²) in [4.78, 5) is 32.9. The lowest BCUT2D eigenvalue weighted by Gasteiger charge is -2.11. The number of aryl methyl sites for hydroxylation is 1. The average molecular weight is 365 g/mol. The number of imidazole rings is 1. The van der Waals surface area contributed by atoms with E-state index < -0.39 is 0 Å². The van der Waals surface area contributed by atoms with Crippen molar-refractivity contribution in [1.82, 2.24) is 19.9 Å². The number of hydrogen-bond acceptors (Lipinski definition) is 4. The van der Waals surface area contributed by atoms with Crippen LogP contribution in [0.1, 0.15) is 42.2 Å². The molecular formula is C20H23N5O2. The summed E-state index contributed by atoms with van der Waals surface area (Å²) in [5.41, 5.74) is 3.49. The van der Waals surface area contributed by atoms with Crippen LogP contribution in [0.25, 0.3) is 11.2 Å². The Morgan fingerprint density at radius 2 is 1.96 bits per heavy atom. The van der Waals surface area contributed by atoms with Gasteiger partial charge in [0.2, 0.25) is 5.91 Å². The fourth-order valence-electron chi connectivity index (χ4n) is 2.85. The molecule has 0 aliphatic carbocycles. The minimum absolute atomic E-state index is 0.0356. The molecule has 0 saturated carbocycles. The Morgan fingerprint density at radius 3 is 2.70 bits per heavy atom. The summed E-state index contributed by atoms with van der Waals surface area (Å²) in [6, 6.07) is 9.46. The molecule has 3 rings (SSSR count). The Labute approximate surface area is 157 Å². The van der Waals surface area contributed by atoms with Crippen LogP contribution in [0, 0.1) is 0 Å². The molecule has 0 atom stereocenters. The molecular weight excluding hydrogens is 342 g/mol. The van der Waals surface area contributed by atoms with Crippen molar-refractivity contribution < 1.29 is 9.59 Å². The van der Waals surface area contributed by atoms with E-state index in [-0.39, 0.29) is 17.9 Å². The van der Waals surface area contributed by atoms with E-state index in [1.54, 1.807) is 25.6 Å². The molecule has 0 bridgehead atoms. The maximum atomic E-state index is 12.7. The highest BCUT2D eigenvalue weighted by Crippen LogP contribution is 2.20. The van der Waals surface area contributed by atoms with Crippen LogP contribution in [-0.2, 0) is 11.2 Å². The molecule has 3 aromatic rings. The normalized spacial score (nSPS) is 11.0. The van der Waals surface area contributed by atoms with Crippen molar-refractivity contribution >= 4 is 28.7 Å². The molecule has 0 fully saturated rings. The lowest BCUT2D eigenvalue weighted by atomic mass is 10.1. The first-order chi connectivity index (χ1) is 13.0. The number of aromatic nitrogens is 3. The van der Waals surface area contributed by atoms with Crippen LogP contribution in [0.4, 0.5) is 5.69 Å². The molecule has 0 spiro atoms. The van der Waals surface area contributed by atoms with Crippen LogP contribution in [0.2, 0.25) is 0 Å². The second-order valence-electron chi connectivity index (χ2n) is 6.60. The van der Waals surface area contributed by atoms with Gasteiger partial charge >= 0.3 is 0 Å². The lowest BCUT2D eigenvalue weighted by Crippen LogP contribution is -2.18. The SMILES string of the molecule is CNC(=O)CCc1ccccc1NC(=O)c1cnc2c(c1)ncn2C(C)C. The van der Waals surface area contributed by atoms with Gasteiger partial charge in [-0.1, -0.05) is 18.2 Å². The topological polar surface area (TPSA) is 88.9 Å². The first-order valence-corrected chi connectivity index (χ1v) is 8.92. The third-order valence-electron chi connectivity index (χ3n) is 4.40. The Kier molecular flexibility index (Phi) is 5.49. The molecule has 0 aliphatic heterocycles. The van der Waals surface area contributed by atoms with Crippen molar-refractivity contribution in [2.45, 2.75) is 32.7 Å². The van der Waals surface area contributed by atoms with Gasteiger partial charge in [-0.15, -0.1) is 0 Å². The number of nitrogens with one attached hydrogen (secondary N) is 2. The van der Waals surface area contributed by atoms with E-state index in [0.717, 1.165) is 11.2 Å². The maximum absolute atomic E-state index is 12.7. The largest absolute Gasteiger partial charge is 0.359 e. The summed E-state index contributed by atoms with van der Waals surface area (Å²) in [5.74, 6) is -0.289.